The van der Waals surface area contributed by atoms with Gasteiger partial charge in [-0.3, -0.25) is 0 Å². The van der Waals surface area contributed by atoms with Crippen molar-refractivity contribution < 1.29 is 0 Å². The van der Waals surface area contributed by atoms with E-state index in [-0.39, 0.29) is 5.41 Å². The fourth-order valence-electron chi connectivity index (χ4n) is 12.1. The van der Waals surface area contributed by atoms with Crippen molar-refractivity contribution in [1.29, 1.82) is 0 Å². The lowest BCUT2D eigenvalue weighted by Crippen LogP contribution is -2.17. The van der Waals surface area contributed by atoms with Crippen molar-refractivity contribution >= 4 is 70.9 Å². The molecule has 0 saturated heterocycles. The maximum absolute atomic E-state index is 2.49. The Bertz CT molecular complexity index is 4150. The number of anilines is 3. The van der Waals surface area contributed by atoms with Crippen LogP contribution in [0.2, 0.25) is 0 Å². The van der Waals surface area contributed by atoms with E-state index in [9.17, 15) is 0 Å². The zero-order chi connectivity index (χ0) is 47.9. The Morgan fingerprint density at radius 3 is 1.21 bits per heavy atom. The van der Waals surface area contributed by atoms with Crippen LogP contribution in [0.1, 0.15) is 25.0 Å². The van der Waals surface area contributed by atoms with Gasteiger partial charge in [-0.05, 0) is 171 Å². The topological polar surface area (TPSA) is 3.24 Å². The average Bonchev–Trinajstić information content (AvgIpc) is 3.67. The smallest absolute Gasteiger partial charge is 0.0540 e. The number of rotatable bonds is 7. The van der Waals surface area contributed by atoms with Crippen molar-refractivity contribution in [2.45, 2.75) is 19.3 Å². The first-order valence-corrected chi connectivity index (χ1v) is 25.2. The predicted octanol–water partition coefficient (Wildman–Crippen LogP) is 19.9. The predicted molar refractivity (Wildman–Crippen MR) is 308 cm³/mol. The lowest BCUT2D eigenvalue weighted by atomic mass is 9.81. The summed E-state index contributed by atoms with van der Waals surface area (Å²) in [4.78, 5) is 2.48. The zero-order valence-electron chi connectivity index (χ0n) is 40.3. The van der Waals surface area contributed by atoms with Crippen molar-refractivity contribution in [3.63, 3.8) is 0 Å². The van der Waals surface area contributed by atoms with Gasteiger partial charge in [-0.2, -0.15) is 0 Å². The molecule has 1 aliphatic carbocycles. The molecule has 14 rings (SSSR count). The zero-order valence-corrected chi connectivity index (χ0v) is 40.3. The molecule has 0 bridgehead atoms. The molecule has 0 saturated carbocycles. The highest BCUT2D eigenvalue weighted by Crippen LogP contribution is 2.53. The van der Waals surface area contributed by atoms with E-state index >= 15 is 0 Å². The van der Waals surface area contributed by atoms with E-state index in [1.165, 1.54) is 132 Å². The molecule has 0 radical (unpaired) electrons. The molecule has 13 aromatic carbocycles. The van der Waals surface area contributed by atoms with E-state index < -0.39 is 0 Å². The minimum Gasteiger partial charge on any atom is -0.309 e. The summed E-state index contributed by atoms with van der Waals surface area (Å²) in [6, 6.07) is 96.9. The van der Waals surface area contributed by atoms with Crippen LogP contribution in [0.15, 0.2) is 261 Å². The van der Waals surface area contributed by atoms with E-state index in [0.29, 0.717) is 0 Å². The van der Waals surface area contributed by atoms with Gasteiger partial charge in [-0.15, -0.1) is 0 Å². The number of benzene rings is 13. The SMILES string of the molecule is CC1(C)c2cc(-c3cc4c5ccccc5c(-c5cc(-c6ccccc6)cc(-c6ccccc6)c5)cc4c4ccccc34)ccc2-c2ccc(N(c3cccc4ccccc34)c3cccc4ccccc34)cc21. The lowest BCUT2D eigenvalue weighted by molar-refractivity contribution is 0.660. The number of fused-ring (bicyclic) bond motifs is 10. The van der Waals surface area contributed by atoms with Gasteiger partial charge in [0.1, 0.15) is 0 Å². The van der Waals surface area contributed by atoms with Crippen LogP contribution < -0.4 is 4.90 Å². The Labute approximate surface area is 420 Å². The second-order valence-corrected chi connectivity index (χ2v) is 20.0. The number of nitrogens with zero attached hydrogens (tertiary/aromatic N) is 1. The third-order valence-corrected chi connectivity index (χ3v) is 15.6. The lowest BCUT2D eigenvalue weighted by Gasteiger charge is -2.30. The van der Waals surface area contributed by atoms with Gasteiger partial charge in [0.15, 0.2) is 0 Å². The fourth-order valence-corrected chi connectivity index (χ4v) is 12.1. The molecule has 1 aliphatic rings. The quantitative estimate of drug-likeness (QED) is 0.144. The Morgan fingerprint density at radius 1 is 0.250 bits per heavy atom. The van der Waals surface area contributed by atoms with Gasteiger partial charge >= 0.3 is 0 Å². The maximum atomic E-state index is 2.49. The Balaban J connectivity index is 0.919. The van der Waals surface area contributed by atoms with E-state index in [1.807, 2.05) is 0 Å². The van der Waals surface area contributed by atoms with Crippen molar-refractivity contribution in [1.82, 2.24) is 0 Å². The molecule has 0 aliphatic heterocycles. The first-order chi connectivity index (χ1) is 35.5. The summed E-state index contributed by atoms with van der Waals surface area (Å²) in [6.45, 7) is 4.82. The van der Waals surface area contributed by atoms with Gasteiger partial charge < -0.3 is 4.90 Å². The molecule has 1 nitrogen and oxygen atoms in total. The van der Waals surface area contributed by atoms with E-state index in [0.717, 1.165) is 5.69 Å². The summed E-state index contributed by atoms with van der Waals surface area (Å²) in [7, 11) is 0. The van der Waals surface area contributed by atoms with Crippen LogP contribution in [0.3, 0.4) is 0 Å². The van der Waals surface area contributed by atoms with Gasteiger partial charge in [0, 0.05) is 21.9 Å². The summed E-state index contributed by atoms with van der Waals surface area (Å²) >= 11 is 0. The molecule has 338 valence electrons. The molecule has 0 spiro atoms. The van der Waals surface area contributed by atoms with E-state index in [4.69, 9.17) is 0 Å². The minimum absolute atomic E-state index is 0.263. The summed E-state index contributed by atoms with van der Waals surface area (Å²) in [6.07, 6.45) is 0. The summed E-state index contributed by atoms with van der Waals surface area (Å²) in [5.74, 6) is 0. The molecular formula is C71H49N. The van der Waals surface area contributed by atoms with Crippen LogP contribution in [0.5, 0.6) is 0 Å². The summed E-state index contributed by atoms with van der Waals surface area (Å²) in [5, 5.41) is 12.4. The van der Waals surface area contributed by atoms with Crippen LogP contribution in [-0.2, 0) is 5.41 Å². The number of hydrogen-bond acceptors (Lipinski definition) is 1. The molecule has 0 heterocycles. The largest absolute Gasteiger partial charge is 0.309 e. The van der Waals surface area contributed by atoms with Crippen molar-refractivity contribution in [3.05, 3.63) is 272 Å². The molecule has 1 heteroatoms. The first-order valence-electron chi connectivity index (χ1n) is 25.2. The molecule has 0 fully saturated rings. The fraction of sp³-hybridized carbons (Fsp3) is 0.0423. The Kier molecular flexibility index (Phi) is 9.63. The van der Waals surface area contributed by atoms with Gasteiger partial charge in [0.25, 0.3) is 0 Å². The highest BCUT2D eigenvalue weighted by atomic mass is 15.1. The van der Waals surface area contributed by atoms with Crippen molar-refractivity contribution in [3.8, 4) is 55.6 Å². The first kappa shape index (κ1) is 41.9. The van der Waals surface area contributed by atoms with Crippen LogP contribution in [0, 0.1) is 0 Å². The summed E-state index contributed by atoms with van der Waals surface area (Å²) < 4.78 is 0. The second-order valence-electron chi connectivity index (χ2n) is 20.0. The molecule has 72 heavy (non-hydrogen) atoms. The molecule has 0 N–H and O–H groups in total. The van der Waals surface area contributed by atoms with Crippen LogP contribution in [-0.4, -0.2) is 0 Å². The molecule has 0 amide bonds. The average molecular weight is 916 g/mol. The van der Waals surface area contributed by atoms with Gasteiger partial charge in [-0.25, -0.2) is 0 Å². The summed E-state index contributed by atoms with van der Waals surface area (Å²) in [5.41, 5.74) is 18.3. The highest BCUT2D eigenvalue weighted by molar-refractivity contribution is 6.24. The Morgan fingerprint density at radius 2 is 0.667 bits per heavy atom. The maximum Gasteiger partial charge on any atom is 0.0540 e. The monoisotopic (exact) mass is 915 g/mol. The Hall–Kier alpha value is -9.04. The van der Waals surface area contributed by atoms with Crippen LogP contribution in [0.25, 0.3) is 109 Å². The molecule has 0 unspecified atom stereocenters. The third kappa shape index (κ3) is 6.69. The molecule has 0 aromatic heterocycles. The minimum atomic E-state index is -0.263. The molecular weight excluding hydrogens is 867 g/mol. The highest BCUT2D eigenvalue weighted by Gasteiger charge is 2.37. The van der Waals surface area contributed by atoms with Crippen LogP contribution in [0.4, 0.5) is 17.1 Å². The number of hydrogen-bond donors (Lipinski definition) is 0. The third-order valence-electron chi connectivity index (χ3n) is 15.6. The van der Waals surface area contributed by atoms with E-state index in [2.05, 4.69) is 280 Å². The van der Waals surface area contributed by atoms with Gasteiger partial charge in [0.2, 0.25) is 0 Å². The van der Waals surface area contributed by atoms with Crippen molar-refractivity contribution in [2.24, 2.45) is 0 Å². The van der Waals surface area contributed by atoms with E-state index in [1.54, 1.807) is 0 Å². The van der Waals surface area contributed by atoms with Gasteiger partial charge in [-0.1, -0.05) is 214 Å². The van der Waals surface area contributed by atoms with Gasteiger partial charge in [0.05, 0.1) is 11.4 Å². The van der Waals surface area contributed by atoms with Crippen molar-refractivity contribution in [2.75, 3.05) is 4.90 Å². The second kappa shape index (κ2) is 16.5. The standard InChI is InChI=1S/C71H49N/c1-71(2)67-42-50(35-37-61(67)62-38-36-54(43-68(62)71)72(69-33-17-25-48-23-9-11-27-55(48)69)70-34-18-26-49-24-10-12-28-56(49)70)63-44-65-60-32-16-14-30-58(60)64(45-66(65)59-31-15-13-29-57(59)63)53-40-51(46-19-5-3-6-20-46)39-52(41-53)47-21-7-4-8-22-47/h3-45H,1-2H3. The molecule has 13 aromatic rings. The molecule has 0 atom stereocenters. The van der Waals surface area contributed by atoms with Crippen LogP contribution >= 0.6 is 0 Å². The normalized spacial score (nSPS) is 12.7.